The van der Waals surface area contributed by atoms with Gasteiger partial charge >= 0.3 is 11.0 Å². The van der Waals surface area contributed by atoms with Crippen molar-refractivity contribution in [1.29, 1.82) is 0 Å². The van der Waals surface area contributed by atoms with Crippen LogP contribution in [0.3, 0.4) is 0 Å². The van der Waals surface area contributed by atoms with Crippen LogP contribution in [0.2, 0.25) is 0 Å². The van der Waals surface area contributed by atoms with E-state index in [0.29, 0.717) is 17.0 Å². The van der Waals surface area contributed by atoms with Crippen LogP contribution < -0.4 is 9.77 Å². The van der Waals surface area contributed by atoms with Gasteiger partial charge in [0, 0.05) is 19.2 Å². The van der Waals surface area contributed by atoms with Gasteiger partial charge in [0.1, 0.15) is 0 Å². The van der Waals surface area contributed by atoms with Crippen LogP contribution in [0.1, 0.15) is 10.4 Å². The van der Waals surface area contributed by atoms with Gasteiger partial charge in [-0.05, 0) is 28.8 Å². The molecule has 3 aromatic rings. The maximum Gasteiger partial charge on any atom is 0.411 e. The summed E-state index contributed by atoms with van der Waals surface area (Å²) < 4.78 is 0. The number of aromatic hydroxyl groups is 1. The zero-order valence-electron chi connectivity index (χ0n) is 13.4. The van der Waals surface area contributed by atoms with Gasteiger partial charge in [0.15, 0.2) is 0 Å². The van der Waals surface area contributed by atoms with E-state index in [9.17, 15) is 14.7 Å². The molecule has 1 heterocycles. The summed E-state index contributed by atoms with van der Waals surface area (Å²) in [5.41, 5.74) is 3.42. The first-order chi connectivity index (χ1) is 11.9. The van der Waals surface area contributed by atoms with E-state index in [1.54, 1.807) is 6.07 Å². The Labute approximate surface area is 147 Å². The molecule has 0 aliphatic rings. The molecule has 0 atom stereocenters. The molecule has 3 rings (SSSR count). The van der Waals surface area contributed by atoms with Gasteiger partial charge in [-0.15, -0.1) is 0 Å². The first-order valence-electron chi connectivity index (χ1n) is 7.51. The highest BCUT2D eigenvalue weighted by atomic mass is 32.1. The lowest BCUT2D eigenvalue weighted by atomic mass is 10.0. The first kappa shape index (κ1) is 16.8. The predicted molar refractivity (Wildman–Crippen MR) is 97.7 cm³/mol. The van der Waals surface area contributed by atoms with E-state index < -0.39 is 6.09 Å². The number of H-pyrrole nitrogens is 1. The fraction of sp³-hybridized carbons (Fsp3) is 0.111. The van der Waals surface area contributed by atoms with Gasteiger partial charge in [-0.2, -0.15) is 0 Å². The molecule has 6 nitrogen and oxygen atoms in total. The maximum absolute atomic E-state index is 11.2. The number of hydrogen-bond acceptors (Lipinski definition) is 4. The van der Waals surface area contributed by atoms with Crippen LogP contribution in [-0.2, 0) is 6.42 Å². The molecule has 1 amide bonds. The van der Waals surface area contributed by atoms with Crippen molar-refractivity contribution in [3.63, 3.8) is 0 Å². The van der Waals surface area contributed by atoms with E-state index in [-0.39, 0.29) is 10.8 Å². The SMILES string of the molecule is CN(C(=O)O)c1cccc(-c2ccc(Cc3sc(=O)[nH]c3O)cc2)c1. The number of thiazole rings is 1. The van der Waals surface area contributed by atoms with Crippen molar-refractivity contribution >= 4 is 23.1 Å². The fourth-order valence-electron chi connectivity index (χ4n) is 2.48. The lowest BCUT2D eigenvalue weighted by molar-refractivity contribution is 0.203. The molecule has 7 heteroatoms. The zero-order valence-corrected chi connectivity index (χ0v) is 14.2. The van der Waals surface area contributed by atoms with Crippen LogP contribution in [0.25, 0.3) is 11.1 Å². The quantitative estimate of drug-likeness (QED) is 0.667. The number of rotatable bonds is 4. The Kier molecular flexibility index (Phi) is 4.58. The topological polar surface area (TPSA) is 93.6 Å². The molecule has 3 N–H and O–H groups in total. The summed E-state index contributed by atoms with van der Waals surface area (Å²) in [5.74, 6) is -0.0801. The van der Waals surface area contributed by atoms with Crippen molar-refractivity contribution in [2.45, 2.75) is 6.42 Å². The van der Waals surface area contributed by atoms with Gasteiger partial charge in [-0.25, -0.2) is 4.79 Å². The molecule has 0 fully saturated rings. The minimum absolute atomic E-state index is 0.0801. The molecule has 2 aromatic carbocycles. The molecule has 0 bridgehead atoms. The van der Waals surface area contributed by atoms with Crippen LogP contribution >= 0.6 is 11.3 Å². The van der Waals surface area contributed by atoms with Crippen LogP contribution in [0.5, 0.6) is 5.88 Å². The van der Waals surface area contributed by atoms with Crippen LogP contribution in [-0.4, -0.2) is 28.3 Å². The molecular formula is C18H16N2O4S. The van der Waals surface area contributed by atoms with E-state index in [0.717, 1.165) is 32.9 Å². The van der Waals surface area contributed by atoms with Crippen molar-refractivity contribution in [3.05, 3.63) is 68.6 Å². The molecule has 0 radical (unpaired) electrons. The molecule has 0 unspecified atom stereocenters. The number of benzene rings is 2. The van der Waals surface area contributed by atoms with Gasteiger partial charge in [-0.3, -0.25) is 14.7 Å². The average molecular weight is 356 g/mol. The Hall–Kier alpha value is -3.06. The van der Waals surface area contributed by atoms with Crippen LogP contribution in [0, 0.1) is 0 Å². The van der Waals surface area contributed by atoms with Crippen molar-refractivity contribution < 1.29 is 15.0 Å². The van der Waals surface area contributed by atoms with Crippen LogP contribution in [0.15, 0.2) is 53.3 Å². The second-order valence-electron chi connectivity index (χ2n) is 5.55. The van der Waals surface area contributed by atoms with Crippen molar-refractivity contribution in [2.24, 2.45) is 0 Å². The summed E-state index contributed by atoms with van der Waals surface area (Å²) >= 11 is 0.995. The minimum Gasteiger partial charge on any atom is -0.494 e. The van der Waals surface area contributed by atoms with Crippen molar-refractivity contribution in [1.82, 2.24) is 4.98 Å². The number of aromatic amines is 1. The Bertz CT molecular complexity index is 960. The normalized spacial score (nSPS) is 10.6. The van der Waals surface area contributed by atoms with Gasteiger partial charge in [0.05, 0.1) is 4.88 Å². The number of hydrogen-bond donors (Lipinski definition) is 3. The summed E-state index contributed by atoms with van der Waals surface area (Å²) in [6.45, 7) is 0. The summed E-state index contributed by atoms with van der Waals surface area (Å²) in [4.78, 5) is 26.2. The lowest BCUT2D eigenvalue weighted by Crippen LogP contribution is -2.23. The van der Waals surface area contributed by atoms with E-state index in [4.69, 9.17) is 5.11 Å². The van der Waals surface area contributed by atoms with E-state index in [1.165, 1.54) is 7.05 Å². The number of aromatic nitrogens is 1. The third kappa shape index (κ3) is 3.72. The Morgan fingerprint density at radius 3 is 2.48 bits per heavy atom. The van der Waals surface area contributed by atoms with E-state index in [2.05, 4.69) is 4.98 Å². The molecule has 128 valence electrons. The third-order valence-corrected chi connectivity index (χ3v) is 4.74. The molecule has 0 saturated carbocycles. The minimum atomic E-state index is -1.02. The second kappa shape index (κ2) is 6.82. The number of nitrogens with one attached hydrogen (secondary N) is 1. The maximum atomic E-state index is 11.2. The largest absolute Gasteiger partial charge is 0.494 e. The molecule has 0 spiro atoms. The zero-order chi connectivity index (χ0) is 18.0. The number of amides is 1. The average Bonchev–Trinajstić information content (AvgIpc) is 2.92. The summed E-state index contributed by atoms with van der Waals surface area (Å²) in [6.07, 6.45) is -0.546. The highest BCUT2D eigenvalue weighted by molar-refractivity contribution is 7.09. The molecular weight excluding hydrogens is 340 g/mol. The molecule has 1 aromatic heterocycles. The summed E-state index contributed by atoms with van der Waals surface area (Å²) in [7, 11) is 1.50. The highest BCUT2D eigenvalue weighted by Gasteiger charge is 2.10. The monoisotopic (exact) mass is 356 g/mol. The number of nitrogens with zero attached hydrogens (tertiary/aromatic N) is 1. The molecule has 0 saturated heterocycles. The van der Waals surface area contributed by atoms with Gasteiger partial charge < -0.3 is 10.2 Å². The van der Waals surface area contributed by atoms with Crippen molar-refractivity contribution in [2.75, 3.05) is 11.9 Å². The number of carbonyl (C=O) groups is 1. The van der Waals surface area contributed by atoms with Gasteiger partial charge in [0.2, 0.25) is 5.88 Å². The Morgan fingerprint density at radius 1 is 1.16 bits per heavy atom. The molecule has 0 aliphatic carbocycles. The highest BCUT2D eigenvalue weighted by Crippen LogP contribution is 2.26. The molecule has 25 heavy (non-hydrogen) atoms. The summed E-state index contributed by atoms with van der Waals surface area (Å²) in [5, 5.41) is 18.7. The van der Waals surface area contributed by atoms with E-state index in [1.807, 2.05) is 42.5 Å². The standard InChI is InChI=1S/C18H16N2O4S/c1-20(18(23)24)14-4-2-3-13(10-14)12-7-5-11(6-8-12)9-15-16(21)19-17(22)25-15/h2-8,10,21H,9H2,1H3,(H,19,22)(H,23,24). The number of anilines is 1. The molecule has 0 aliphatic heterocycles. The first-order valence-corrected chi connectivity index (χ1v) is 8.32. The summed E-state index contributed by atoms with van der Waals surface area (Å²) in [6, 6.07) is 15.0. The lowest BCUT2D eigenvalue weighted by Gasteiger charge is -2.14. The second-order valence-corrected chi connectivity index (χ2v) is 6.62. The fourth-order valence-corrected chi connectivity index (χ4v) is 3.23. The van der Waals surface area contributed by atoms with Crippen LogP contribution in [0.4, 0.5) is 10.5 Å². The van der Waals surface area contributed by atoms with Gasteiger partial charge in [-0.1, -0.05) is 47.7 Å². The van der Waals surface area contributed by atoms with E-state index >= 15 is 0 Å². The predicted octanol–water partition coefficient (Wildman–Crippen LogP) is 3.51. The smallest absolute Gasteiger partial charge is 0.411 e. The Morgan fingerprint density at radius 2 is 1.88 bits per heavy atom. The Balaban J connectivity index is 1.83. The van der Waals surface area contributed by atoms with Gasteiger partial charge in [0.25, 0.3) is 0 Å². The number of carboxylic acid groups (broad SMARTS) is 1. The van der Waals surface area contributed by atoms with Crippen molar-refractivity contribution in [3.8, 4) is 17.0 Å². The third-order valence-electron chi connectivity index (χ3n) is 3.87.